The maximum Gasteiger partial charge on any atom is 0.305 e. The van der Waals surface area contributed by atoms with Crippen LogP contribution in [-0.4, -0.2) is 34.4 Å². The summed E-state index contributed by atoms with van der Waals surface area (Å²) >= 11 is 0. The fourth-order valence-electron chi connectivity index (χ4n) is 2.94. The van der Waals surface area contributed by atoms with Gasteiger partial charge < -0.3 is 9.94 Å². The minimum Gasteiger partial charge on any atom is -0.469 e. The third-order valence-corrected chi connectivity index (χ3v) is 3.41. The molecule has 0 aromatic carbocycles. The molecule has 1 fully saturated rings. The van der Waals surface area contributed by atoms with Crippen molar-refractivity contribution in [1.29, 1.82) is 0 Å². The van der Waals surface area contributed by atoms with Gasteiger partial charge in [0.15, 0.2) is 0 Å². The summed E-state index contributed by atoms with van der Waals surface area (Å²) in [6.07, 6.45) is 2.06. The highest BCUT2D eigenvalue weighted by Gasteiger charge is 2.45. The van der Waals surface area contributed by atoms with Crippen LogP contribution in [0.1, 0.15) is 47.0 Å². The van der Waals surface area contributed by atoms with Gasteiger partial charge in [-0.15, -0.1) is 0 Å². The number of hydroxylamine groups is 2. The van der Waals surface area contributed by atoms with Crippen LogP contribution < -0.4 is 0 Å². The standard InChI is InChI=1S/C12H23NO3/c1-11(2)7-9(6-10(14)16-5)8-12(3,4)13(11)15/h9,15H,6-8H2,1-5H3. The zero-order valence-corrected chi connectivity index (χ0v) is 10.9. The average molecular weight is 229 g/mol. The minimum atomic E-state index is -0.291. The van der Waals surface area contributed by atoms with Crippen molar-refractivity contribution in [2.75, 3.05) is 7.11 Å². The molecule has 1 aliphatic rings. The third kappa shape index (κ3) is 2.74. The van der Waals surface area contributed by atoms with Gasteiger partial charge in [-0.1, -0.05) is 0 Å². The second kappa shape index (κ2) is 4.34. The summed E-state index contributed by atoms with van der Waals surface area (Å²) in [5, 5.41) is 11.5. The molecule has 0 aromatic rings. The maximum absolute atomic E-state index is 11.3. The van der Waals surface area contributed by atoms with E-state index in [0.717, 1.165) is 12.8 Å². The van der Waals surface area contributed by atoms with Crippen LogP contribution in [0.3, 0.4) is 0 Å². The predicted molar refractivity (Wildman–Crippen MR) is 61.1 cm³/mol. The number of hydrogen-bond donors (Lipinski definition) is 1. The number of carbonyl (C=O) groups excluding carboxylic acids is 1. The Labute approximate surface area is 97.5 Å². The summed E-state index contributed by atoms with van der Waals surface area (Å²) in [5.74, 6) is 0.115. The Balaban J connectivity index is 2.75. The van der Waals surface area contributed by atoms with Crippen LogP contribution in [0.5, 0.6) is 0 Å². The van der Waals surface area contributed by atoms with Gasteiger partial charge in [-0.2, -0.15) is 5.06 Å². The van der Waals surface area contributed by atoms with E-state index >= 15 is 0 Å². The second-order valence-corrected chi connectivity index (χ2v) is 5.99. The maximum atomic E-state index is 11.3. The summed E-state index contributed by atoms with van der Waals surface area (Å²) in [7, 11) is 1.42. The number of nitrogens with zero attached hydrogens (tertiary/aromatic N) is 1. The number of carbonyl (C=O) groups is 1. The molecule has 0 spiro atoms. The van der Waals surface area contributed by atoms with Crippen molar-refractivity contribution in [2.24, 2.45) is 5.92 Å². The highest BCUT2D eigenvalue weighted by atomic mass is 16.5. The zero-order chi connectivity index (χ0) is 12.6. The van der Waals surface area contributed by atoms with Crippen LogP contribution in [0.4, 0.5) is 0 Å². The molecular formula is C12H23NO3. The van der Waals surface area contributed by atoms with Gasteiger partial charge in [0, 0.05) is 17.5 Å². The molecule has 0 atom stereocenters. The first-order chi connectivity index (χ1) is 7.19. The first-order valence-corrected chi connectivity index (χ1v) is 5.75. The Hall–Kier alpha value is -0.610. The Bertz CT molecular complexity index is 255. The molecule has 0 bridgehead atoms. The largest absolute Gasteiger partial charge is 0.469 e. The monoisotopic (exact) mass is 229 g/mol. The summed E-state index contributed by atoms with van der Waals surface area (Å²) in [6.45, 7) is 7.99. The third-order valence-electron chi connectivity index (χ3n) is 3.41. The molecule has 1 heterocycles. The van der Waals surface area contributed by atoms with E-state index in [9.17, 15) is 10.0 Å². The van der Waals surface area contributed by atoms with Crippen molar-refractivity contribution in [3.05, 3.63) is 0 Å². The lowest BCUT2D eigenvalue weighted by Gasteiger charge is -2.51. The van der Waals surface area contributed by atoms with Gasteiger partial charge in [0.05, 0.1) is 7.11 Å². The van der Waals surface area contributed by atoms with E-state index in [4.69, 9.17) is 4.74 Å². The SMILES string of the molecule is COC(=O)CC1CC(C)(C)N(O)C(C)(C)C1. The summed E-state index contributed by atoms with van der Waals surface area (Å²) in [6, 6.07) is 0. The number of hydrogen-bond acceptors (Lipinski definition) is 4. The topological polar surface area (TPSA) is 49.8 Å². The van der Waals surface area contributed by atoms with Crippen molar-refractivity contribution >= 4 is 5.97 Å². The average Bonchev–Trinajstić information content (AvgIpc) is 2.13. The number of methoxy groups -OCH3 is 1. The normalized spacial score (nSPS) is 25.4. The van der Waals surface area contributed by atoms with Gasteiger partial charge in [0.25, 0.3) is 0 Å². The molecule has 4 heteroatoms. The Kier molecular flexibility index (Phi) is 3.65. The lowest BCUT2D eigenvalue weighted by molar-refractivity contribution is -0.251. The van der Waals surface area contributed by atoms with Crippen LogP contribution in [0.25, 0.3) is 0 Å². The number of ether oxygens (including phenoxy) is 1. The number of esters is 1. The molecule has 16 heavy (non-hydrogen) atoms. The van der Waals surface area contributed by atoms with Crippen LogP contribution in [0, 0.1) is 5.92 Å². The predicted octanol–water partition coefficient (Wildman–Crippen LogP) is 2.21. The molecule has 1 rings (SSSR count). The molecule has 0 saturated carbocycles. The first-order valence-electron chi connectivity index (χ1n) is 5.75. The molecular weight excluding hydrogens is 206 g/mol. The van der Waals surface area contributed by atoms with Crippen molar-refractivity contribution in [3.63, 3.8) is 0 Å². The summed E-state index contributed by atoms with van der Waals surface area (Å²) < 4.78 is 4.70. The summed E-state index contributed by atoms with van der Waals surface area (Å²) in [4.78, 5) is 11.3. The van der Waals surface area contributed by atoms with Gasteiger partial charge in [-0.05, 0) is 46.5 Å². The van der Waals surface area contributed by atoms with E-state index in [1.165, 1.54) is 12.2 Å². The van der Waals surface area contributed by atoms with Crippen molar-refractivity contribution in [2.45, 2.75) is 58.0 Å². The van der Waals surface area contributed by atoms with Gasteiger partial charge in [-0.3, -0.25) is 4.79 Å². The fraction of sp³-hybridized carbons (Fsp3) is 0.917. The van der Waals surface area contributed by atoms with Gasteiger partial charge >= 0.3 is 5.97 Å². The van der Waals surface area contributed by atoms with E-state index < -0.39 is 0 Å². The van der Waals surface area contributed by atoms with E-state index in [0.29, 0.717) is 6.42 Å². The molecule has 0 aromatic heterocycles. The van der Waals surface area contributed by atoms with Gasteiger partial charge in [0.1, 0.15) is 0 Å². The molecule has 1 aliphatic heterocycles. The number of rotatable bonds is 2. The molecule has 1 N–H and O–H groups in total. The van der Waals surface area contributed by atoms with Crippen LogP contribution in [0.2, 0.25) is 0 Å². The van der Waals surface area contributed by atoms with Gasteiger partial charge in [-0.25, -0.2) is 0 Å². The van der Waals surface area contributed by atoms with Crippen LogP contribution >= 0.6 is 0 Å². The molecule has 4 nitrogen and oxygen atoms in total. The molecule has 0 aliphatic carbocycles. The van der Waals surface area contributed by atoms with Crippen LogP contribution in [-0.2, 0) is 9.53 Å². The van der Waals surface area contributed by atoms with E-state index in [-0.39, 0.29) is 23.0 Å². The minimum absolute atomic E-state index is 0.164. The molecule has 0 radical (unpaired) electrons. The van der Waals surface area contributed by atoms with E-state index in [1.807, 2.05) is 27.7 Å². The van der Waals surface area contributed by atoms with Crippen molar-refractivity contribution < 1.29 is 14.7 Å². The second-order valence-electron chi connectivity index (χ2n) is 5.99. The van der Waals surface area contributed by atoms with E-state index in [2.05, 4.69) is 0 Å². The quantitative estimate of drug-likeness (QED) is 0.738. The van der Waals surface area contributed by atoms with Gasteiger partial charge in [0.2, 0.25) is 0 Å². The highest BCUT2D eigenvalue weighted by molar-refractivity contribution is 5.69. The Morgan fingerprint density at radius 1 is 1.31 bits per heavy atom. The fourth-order valence-corrected chi connectivity index (χ4v) is 2.94. The molecule has 1 saturated heterocycles. The lowest BCUT2D eigenvalue weighted by Crippen LogP contribution is -2.59. The van der Waals surface area contributed by atoms with Crippen LogP contribution in [0.15, 0.2) is 0 Å². The Morgan fingerprint density at radius 2 is 1.75 bits per heavy atom. The highest BCUT2D eigenvalue weighted by Crippen LogP contribution is 2.41. The summed E-state index contributed by atoms with van der Waals surface area (Å²) in [5.41, 5.74) is -0.582. The Morgan fingerprint density at radius 3 is 2.12 bits per heavy atom. The molecule has 0 amide bonds. The first kappa shape index (κ1) is 13.5. The lowest BCUT2D eigenvalue weighted by atomic mass is 9.74. The van der Waals surface area contributed by atoms with Crippen molar-refractivity contribution in [1.82, 2.24) is 5.06 Å². The smallest absolute Gasteiger partial charge is 0.305 e. The van der Waals surface area contributed by atoms with E-state index in [1.54, 1.807) is 0 Å². The van der Waals surface area contributed by atoms with Crippen molar-refractivity contribution in [3.8, 4) is 0 Å². The molecule has 94 valence electrons. The number of piperidine rings is 1. The molecule has 0 unspecified atom stereocenters. The zero-order valence-electron chi connectivity index (χ0n) is 10.9.